The highest BCUT2D eigenvalue weighted by molar-refractivity contribution is 7.10. The second kappa shape index (κ2) is 4.62. The van der Waals surface area contributed by atoms with Crippen molar-refractivity contribution in [1.82, 2.24) is 0 Å². The molecule has 1 aromatic rings. The SMILES string of the molecule is NC(c1sccc1Cl)C1CCCCO1. The minimum absolute atomic E-state index is 0.0530. The van der Waals surface area contributed by atoms with Gasteiger partial charge in [0.25, 0.3) is 0 Å². The van der Waals surface area contributed by atoms with Gasteiger partial charge in [0.05, 0.1) is 17.2 Å². The second-order valence-electron chi connectivity index (χ2n) is 3.56. The molecule has 1 saturated heterocycles. The van der Waals surface area contributed by atoms with Crippen molar-refractivity contribution < 1.29 is 4.74 Å². The fourth-order valence-corrected chi connectivity index (χ4v) is 3.00. The number of hydrogen-bond donors (Lipinski definition) is 1. The fourth-order valence-electron chi connectivity index (χ4n) is 1.76. The van der Waals surface area contributed by atoms with E-state index in [0.29, 0.717) is 0 Å². The van der Waals surface area contributed by atoms with Crippen LogP contribution < -0.4 is 5.73 Å². The standard InChI is InChI=1S/C10H14ClNOS/c11-7-4-6-14-10(7)9(12)8-3-1-2-5-13-8/h4,6,8-9H,1-3,5,12H2. The van der Waals surface area contributed by atoms with Crippen molar-refractivity contribution in [3.8, 4) is 0 Å². The first kappa shape index (κ1) is 10.4. The van der Waals surface area contributed by atoms with E-state index in [4.69, 9.17) is 22.1 Å². The van der Waals surface area contributed by atoms with Crippen LogP contribution in [-0.2, 0) is 4.74 Å². The average molecular weight is 232 g/mol. The average Bonchev–Trinajstić information content (AvgIpc) is 2.65. The van der Waals surface area contributed by atoms with E-state index in [0.717, 1.165) is 29.3 Å². The van der Waals surface area contributed by atoms with Gasteiger partial charge in [0.2, 0.25) is 0 Å². The molecule has 2 N–H and O–H groups in total. The molecule has 78 valence electrons. The van der Waals surface area contributed by atoms with Gasteiger partial charge < -0.3 is 10.5 Å². The minimum atomic E-state index is -0.0530. The lowest BCUT2D eigenvalue weighted by atomic mass is 10.0. The molecule has 0 aliphatic carbocycles. The lowest BCUT2D eigenvalue weighted by Gasteiger charge is -2.27. The van der Waals surface area contributed by atoms with Gasteiger partial charge in [-0.25, -0.2) is 0 Å². The molecule has 1 aliphatic rings. The highest BCUT2D eigenvalue weighted by Gasteiger charge is 2.24. The Hall–Kier alpha value is -0.0900. The molecule has 1 aromatic heterocycles. The summed E-state index contributed by atoms with van der Waals surface area (Å²) in [6.45, 7) is 0.835. The molecule has 0 spiro atoms. The van der Waals surface area contributed by atoms with Crippen LogP contribution in [0.4, 0.5) is 0 Å². The van der Waals surface area contributed by atoms with Crippen LogP contribution in [0.5, 0.6) is 0 Å². The lowest BCUT2D eigenvalue weighted by Crippen LogP contribution is -2.31. The van der Waals surface area contributed by atoms with Gasteiger partial charge in [-0.15, -0.1) is 11.3 Å². The maximum atomic E-state index is 6.12. The fraction of sp³-hybridized carbons (Fsp3) is 0.600. The molecule has 0 bridgehead atoms. The van der Waals surface area contributed by atoms with Crippen molar-refractivity contribution in [3.05, 3.63) is 21.3 Å². The van der Waals surface area contributed by atoms with Crippen LogP contribution in [-0.4, -0.2) is 12.7 Å². The topological polar surface area (TPSA) is 35.2 Å². The Morgan fingerprint density at radius 2 is 2.43 bits per heavy atom. The van der Waals surface area contributed by atoms with Gasteiger partial charge >= 0.3 is 0 Å². The highest BCUT2D eigenvalue weighted by Crippen LogP contribution is 2.32. The summed E-state index contributed by atoms with van der Waals surface area (Å²) in [5.41, 5.74) is 6.12. The van der Waals surface area contributed by atoms with Crippen LogP contribution in [0.3, 0.4) is 0 Å². The Morgan fingerprint density at radius 1 is 1.57 bits per heavy atom. The molecule has 2 atom stereocenters. The largest absolute Gasteiger partial charge is 0.376 e. The zero-order chi connectivity index (χ0) is 9.97. The van der Waals surface area contributed by atoms with Crippen molar-refractivity contribution in [1.29, 1.82) is 0 Å². The maximum absolute atomic E-state index is 6.12. The third-order valence-electron chi connectivity index (χ3n) is 2.56. The molecule has 14 heavy (non-hydrogen) atoms. The van der Waals surface area contributed by atoms with Gasteiger partial charge in [0.1, 0.15) is 0 Å². The number of ether oxygens (including phenoxy) is 1. The molecule has 2 heterocycles. The molecular formula is C10H14ClNOS. The molecule has 0 saturated carbocycles. The van der Waals surface area contributed by atoms with E-state index in [1.807, 2.05) is 11.4 Å². The minimum Gasteiger partial charge on any atom is -0.376 e. The van der Waals surface area contributed by atoms with Gasteiger partial charge in [0.15, 0.2) is 0 Å². The van der Waals surface area contributed by atoms with Crippen molar-refractivity contribution in [2.45, 2.75) is 31.4 Å². The number of thiophene rings is 1. The van der Waals surface area contributed by atoms with E-state index in [2.05, 4.69) is 0 Å². The van der Waals surface area contributed by atoms with Gasteiger partial charge in [-0.3, -0.25) is 0 Å². The van der Waals surface area contributed by atoms with Gasteiger partial charge in [-0.1, -0.05) is 11.6 Å². The molecule has 4 heteroatoms. The summed E-state index contributed by atoms with van der Waals surface area (Å²) >= 11 is 7.64. The van der Waals surface area contributed by atoms with E-state index in [1.165, 1.54) is 6.42 Å². The molecular weight excluding hydrogens is 218 g/mol. The summed E-state index contributed by atoms with van der Waals surface area (Å²) in [6.07, 6.45) is 3.57. The van der Waals surface area contributed by atoms with Crippen LogP contribution in [0.25, 0.3) is 0 Å². The molecule has 1 fully saturated rings. The van der Waals surface area contributed by atoms with Crippen LogP contribution in [0.1, 0.15) is 30.2 Å². The van der Waals surface area contributed by atoms with E-state index in [1.54, 1.807) is 11.3 Å². The van der Waals surface area contributed by atoms with Crippen LogP contribution in [0.15, 0.2) is 11.4 Å². The van der Waals surface area contributed by atoms with E-state index >= 15 is 0 Å². The molecule has 2 rings (SSSR count). The summed E-state index contributed by atoms with van der Waals surface area (Å²) < 4.78 is 5.64. The second-order valence-corrected chi connectivity index (χ2v) is 4.92. The summed E-state index contributed by atoms with van der Waals surface area (Å²) in [4.78, 5) is 1.05. The molecule has 1 aliphatic heterocycles. The smallest absolute Gasteiger partial charge is 0.0776 e. The number of nitrogens with two attached hydrogens (primary N) is 1. The van der Waals surface area contributed by atoms with Crippen molar-refractivity contribution in [2.75, 3.05) is 6.61 Å². The Balaban J connectivity index is 2.07. The van der Waals surface area contributed by atoms with E-state index < -0.39 is 0 Å². The summed E-state index contributed by atoms with van der Waals surface area (Å²) in [7, 11) is 0. The number of halogens is 1. The van der Waals surface area contributed by atoms with Gasteiger partial charge in [0, 0.05) is 11.5 Å². The van der Waals surface area contributed by atoms with Crippen molar-refractivity contribution in [3.63, 3.8) is 0 Å². The Kier molecular flexibility index (Phi) is 3.44. The summed E-state index contributed by atoms with van der Waals surface area (Å²) in [5, 5.41) is 2.75. The normalized spacial score (nSPS) is 24.9. The first-order chi connectivity index (χ1) is 6.79. The van der Waals surface area contributed by atoms with E-state index in [9.17, 15) is 0 Å². The predicted molar refractivity (Wildman–Crippen MR) is 59.8 cm³/mol. The van der Waals surface area contributed by atoms with E-state index in [-0.39, 0.29) is 12.1 Å². The quantitative estimate of drug-likeness (QED) is 0.850. The number of rotatable bonds is 2. The van der Waals surface area contributed by atoms with Crippen molar-refractivity contribution >= 4 is 22.9 Å². The molecule has 0 radical (unpaired) electrons. The highest BCUT2D eigenvalue weighted by atomic mass is 35.5. The van der Waals surface area contributed by atoms with Gasteiger partial charge in [-0.2, -0.15) is 0 Å². The number of hydrogen-bond acceptors (Lipinski definition) is 3. The molecule has 2 nitrogen and oxygen atoms in total. The predicted octanol–water partition coefficient (Wildman–Crippen LogP) is 2.97. The van der Waals surface area contributed by atoms with Crippen LogP contribution >= 0.6 is 22.9 Å². The maximum Gasteiger partial charge on any atom is 0.0776 e. The first-order valence-corrected chi connectivity index (χ1v) is 6.15. The lowest BCUT2D eigenvalue weighted by molar-refractivity contribution is 0.000683. The van der Waals surface area contributed by atoms with Gasteiger partial charge in [-0.05, 0) is 30.7 Å². The first-order valence-electron chi connectivity index (χ1n) is 4.89. The zero-order valence-electron chi connectivity index (χ0n) is 7.91. The Bertz CT molecular complexity index is 296. The summed E-state index contributed by atoms with van der Waals surface area (Å²) in [6, 6.07) is 1.84. The molecule has 0 amide bonds. The zero-order valence-corrected chi connectivity index (χ0v) is 9.48. The third kappa shape index (κ3) is 2.11. The third-order valence-corrected chi connectivity index (χ3v) is 4.02. The molecule has 0 aromatic carbocycles. The summed E-state index contributed by atoms with van der Waals surface area (Å²) in [5.74, 6) is 0. The molecule has 2 unspecified atom stereocenters. The van der Waals surface area contributed by atoms with Crippen LogP contribution in [0.2, 0.25) is 5.02 Å². The van der Waals surface area contributed by atoms with Crippen molar-refractivity contribution in [2.24, 2.45) is 5.73 Å². The monoisotopic (exact) mass is 231 g/mol. The van der Waals surface area contributed by atoms with Crippen LogP contribution in [0, 0.1) is 0 Å². The Labute approximate surface area is 93.0 Å². The Morgan fingerprint density at radius 3 is 3.00 bits per heavy atom.